The molecule has 6 heteroatoms. The average Bonchev–Trinajstić information content (AvgIpc) is 2.65. The first-order chi connectivity index (χ1) is 7.99. The van der Waals surface area contributed by atoms with Gasteiger partial charge in [0, 0.05) is 12.0 Å². The molecule has 0 radical (unpaired) electrons. The average molecular weight is 256 g/mol. The van der Waals surface area contributed by atoms with Gasteiger partial charge in [0.1, 0.15) is 0 Å². The predicted molar refractivity (Wildman–Crippen MR) is 64.4 cm³/mol. The molecule has 102 valence electrons. The van der Waals surface area contributed by atoms with Crippen LogP contribution >= 0.6 is 0 Å². The maximum atomic E-state index is 12.0. The van der Waals surface area contributed by atoms with Crippen molar-refractivity contribution in [2.45, 2.75) is 39.7 Å². The highest BCUT2D eigenvalue weighted by Crippen LogP contribution is 2.58. The molecule has 2 amide bonds. The fraction of sp³-hybridized carbons (Fsp3) is 0.750. The maximum Gasteiger partial charge on any atom is 0.307 e. The number of aliphatic carboxylic acids is 1. The van der Waals surface area contributed by atoms with Crippen LogP contribution in [0, 0.1) is 17.3 Å². The van der Waals surface area contributed by atoms with Crippen LogP contribution in [0.1, 0.15) is 34.1 Å². The summed E-state index contributed by atoms with van der Waals surface area (Å²) >= 11 is 0. The molecule has 1 rings (SSSR count). The second-order valence-corrected chi connectivity index (χ2v) is 6.13. The van der Waals surface area contributed by atoms with Crippen LogP contribution in [-0.2, 0) is 14.4 Å². The third kappa shape index (κ3) is 2.80. The molecule has 6 nitrogen and oxygen atoms in total. The quantitative estimate of drug-likeness (QED) is 0.648. The molecule has 0 aromatic carbocycles. The highest BCUT2D eigenvalue weighted by molar-refractivity contribution is 5.92. The van der Waals surface area contributed by atoms with E-state index in [9.17, 15) is 14.4 Å². The van der Waals surface area contributed by atoms with Crippen LogP contribution in [0.25, 0.3) is 0 Å². The molecule has 0 bridgehead atoms. The van der Waals surface area contributed by atoms with Crippen LogP contribution in [-0.4, -0.2) is 28.4 Å². The zero-order valence-electron chi connectivity index (χ0n) is 11.1. The van der Waals surface area contributed by atoms with Gasteiger partial charge in [-0.2, -0.15) is 0 Å². The lowest BCUT2D eigenvalue weighted by Gasteiger charge is -2.25. The van der Waals surface area contributed by atoms with E-state index in [4.69, 9.17) is 10.8 Å². The number of rotatable bonds is 5. The summed E-state index contributed by atoms with van der Waals surface area (Å²) in [6.45, 7) is 6.86. The smallest absolute Gasteiger partial charge is 0.307 e. The highest BCUT2D eigenvalue weighted by atomic mass is 16.4. The summed E-state index contributed by atoms with van der Waals surface area (Å²) in [4.78, 5) is 33.8. The van der Waals surface area contributed by atoms with Crippen molar-refractivity contribution < 1.29 is 19.5 Å². The van der Waals surface area contributed by atoms with Crippen molar-refractivity contribution in [1.82, 2.24) is 5.32 Å². The monoisotopic (exact) mass is 256 g/mol. The third-order valence-electron chi connectivity index (χ3n) is 3.45. The fourth-order valence-corrected chi connectivity index (χ4v) is 2.48. The molecule has 0 aromatic heterocycles. The minimum Gasteiger partial charge on any atom is -0.481 e. The first kappa shape index (κ1) is 14.5. The summed E-state index contributed by atoms with van der Waals surface area (Å²) in [6.07, 6.45) is 0.0175. The molecule has 0 aromatic rings. The van der Waals surface area contributed by atoms with Gasteiger partial charge in [-0.1, -0.05) is 13.8 Å². The van der Waals surface area contributed by atoms with Gasteiger partial charge in [0.05, 0.1) is 11.8 Å². The van der Waals surface area contributed by atoms with E-state index in [0.717, 1.165) is 0 Å². The van der Waals surface area contributed by atoms with Crippen molar-refractivity contribution in [1.29, 1.82) is 0 Å². The molecule has 0 spiro atoms. The van der Waals surface area contributed by atoms with Gasteiger partial charge in [0.15, 0.2) is 0 Å². The van der Waals surface area contributed by atoms with Crippen LogP contribution in [0.2, 0.25) is 0 Å². The second-order valence-electron chi connectivity index (χ2n) is 6.13. The van der Waals surface area contributed by atoms with E-state index < -0.39 is 34.7 Å². The Labute approximate surface area is 106 Å². The summed E-state index contributed by atoms with van der Waals surface area (Å²) < 4.78 is 0. The summed E-state index contributed by atoms with van der Waals surface area (Å²) in [5.41, 5.74) is 3.79. The largest absolute Gasteiger partial charge is 0.481 e. The number of hydrogen-bond acceptors (Lipinski definition) is 3. The fourth-order valence-electron chi connectivity index (χ4n) is 2.48. The van der Waals surface area contributed by atoms with E-state index in [0.29, 0.717) is 0 Å². The number of carboxylic acids is 1. The number of primary amides is 1. The van der Waals surface area contributed by atoms with E-state index in [1.165, 1.54) is 0 Å². The molecule has 4 N–H and O–H groups in total. The molecule has 1 aliphatic carbocycles. The Morgan fingerprint density at radius 1 is 1.28 bits per heavy atom. The zero-order valence-corrected chi connectivity index (χ0v) is 11.1. The lowest BCUT2D eigenvalue weighted by molar-refractivity contribution is -0.140. The standard InChI is InChI=1S/C12H20N2O4/c1-11(2,5-6(13)15)14-9(16)7-8(10(17)18)12(7,3)4/h7-8H,5H2,1-4H3,(H2,13,15)(H,14,16)(H,17,18)/t7-,8+/m1/s1. The molecule has 1 fully saturated rings. The highest BCUT2D eigenvalue weighted by Gasteiger charge is 2.66. The minimum atomic E-state index is -0.965. The lowest BCUT2D eigenvalue weighted by Crippen LogP contribution is -2.47. The molecule has 1 aliphatic rings. The molecule has 2 atom stereocenters. The number of carbonyl (C=O) groups is 3. The summed E-state index contributed by atoms with van der Waals surface area (Å²) in [6, 6.07) is 0. The second kappa shape index (κ2) is 4.26. The molecule has 18 heavy (non-hydrogen) atoms. The van der Waals surface area contributed by atoms with Crippen LogP contribution in [0.15, 0.2) is 0 Å². The van der Waals surface area contributed by atoms with Crippen LogP contribution in [0.4, 0.5) is 0 Å². The molecule has 1 saturated carbocycles. The number of nitrogens with two attached hydrogens (primary N) is 1. The van der Waals surface area contributed by atoms with Crippen molar-refractivity contribution in [3.63, 3.8) is 0 Å². The van der Waals surface area contributed by atoms with E-state index >= 15 is 0 Å². The van der Waals surface area contributed by atoms with Crippen LogP contribution in [0.5, 0.6) is 0 Å². The Morgan fingerprint density at radius 3 is 2.11 bits per heavy atom. The number of carboxylic acid groups (broad SMARTS) is 1. The van der Waals surface area contributed by atoms with Crippen molar-refractivity contribution in [2.75, 3.05) is 0 Å². The van der Waals surface area contributed by atoms with Gasteiger partial charge in [-0.3, -0.25) is 14.4 Å². The number of amides is 2. The van der Waals surface area contributed by atoms with Gasteiger partial charge < -0.3 is 16.2 Å². The first-order valence-electron chi connectivity index (χ1n) is 5.82. The zero-order chi connectivity index (χ0) is 14.3. The number of nitrogens with one attached hydrogen (secondary N) is 1. The van der Waals surface area contributed by atoms with E-state index in [-0.39, 0.29) is 12.3 Å². The minimum absolute atomic E-state index is 0.0175. The van der Waals surface area contributed by atoms with Gasteiger partial charge in [0.2, 0.25) is 11.8 Å². The van der Waals surface area contributed by atoms with E-state index in [1.54, 1.807) is 27.7 Å². The van der Waals surface area contributed by atoms with E-state index in [1.807, 2.05) is 0 Å². The van der Waals surface area contributed by atoms with Gasteiger partial charge in [-0.05, 0) is 19.3 Å². The maximum absolute atomic E-state index is 12.0. The molecule has 0 heterocycles. The molecular formula is C12H20N2O4. The Balaban J connectivity index is 2.68. The SMILES string of the molecule is CC(C)(CC(N)=O)NC(=O)[C@H]1[C@@H](C(=O)O)C1(C)C. The van der Waals surface area contributed by atoms with Crippen LogP contribution in [0.3, 0.4) is 0 Å². The number of carbonyl (C=O) groups excluding carboxylic acids is 2. The van der Waals surface area contributed by atoms with Crippen LogP contribution < -0.4 is 11.1 Å². The Morgan fingerprint density at radius 2 is 1.78 bits per heavy atom. The molecule has 0 unspecified atom stereocenters. The van der Waals surface area contributed by atoms with Gasteiger partial charge >= 0.3 is 5.97 Å². The van der Waals surface area contributed by atoms with Gasteiger partial charge in [-0.15, -0.1) is 0 Å². The van der Waals surface area contributed by atoms with E-state index in [2.05, 4.69) is 5.32 Å². The summed E-state index contributed by atoms with van der Waals surface area (Å²) in [5.74, 6) is -3.03. The van der Waals surface area contributed by atoms with Gasteiger partial charge in [-0.25, -0.2) is 0 Å². The third-order valence-corrected chi connectivity index (χ3v) is 3.45. The lowest BCUT2D eigenvalue weighted by atomic mass is 9.99. The Hall–Kier alpha value is -1.59. The molecule has 0 aliphatic heterocycles. The van der Waals surface area contributed by atoms with Crippen molar-refractivity contribution in [2.24, 2.45) is 23.0 Å². The van der Waals surface area contributed by atoms with Crippen molar-refractivity contribution in [3.05, 3.63) is 0 Å². The molecule has 0 saturated heterocycles. The van der Waals surface area contributed by atoms with Gasteiger partial charge in [0.25, 0.3) is 0 Å². The first-order valence-corrected chi connectivity index (χ1v) is 5.82. The summed E-state index contributed by atoms with van der Waals surface area (Å²) in [7, 11) is 0. The normalized spacial score (nSPS) is 25.3. The van der Waals surface area contributed by atoms with Crippen molar-refractivity contribution >= 4 is 17.8 Å². The number of hydrogen-bond donors (Lipinski definition) is 3. The topological polar surface area (TPSA) is 109 Å². The van der Waals surface area contributed by atoms with Crippen molar-refractivity contribution in [3.8, 4) is 0 Å². The predicted octanol–water partition coefficient (Wildman–Crippen LogP) is 0.113. The summed E-state index contributed by atoms with van der Waals surface area (Å²) in [5, 5.41) is 11.7. The Bertz CT molecular complexity index is 401. The molecular weight excluding hydrogens is 236 g/mol. The Kier molecular flexibility index (Phi) is 3.42.